The number of phosphoric acid groups is 1. The van der Waals surface area contributed by atoms with Crippen LogP contribution in [0.25, 0.3) is 0 Å². The highest BCUT2D eigenvalue weighted by atomic mass is 31.2. The summed E-state index contributed by atoms with van der Waals surface area (Å²) in [5, 5.41) is 74.9. The Kier molecular flexibility index (Phi) is 40.3. The predicted octanol–water partition coefficient (Wildman–Crippen LogP) is 10.8. The number of phosphoric ester groups is 1. The van der Waals surface area contributed by atoms with Crippen LogP contribution in [-0.2, 0) is 18.4 Å². The van der Waals surface area contributed by atoms with E-state index in [4.69, 9.17) is 9.05 Å². The zero-order valence-electron chi connectivity index (χ0n) is 42.1. The lowest BCUT2D eigenvalue weighted by atomic mass is 9.85. The van der Waals surface area contributed by atoms with Gasteiger partial charge in [0.1, 0.15) is 36.6 Å². The zero-order valence-corrected chi connectivity index (χ0v) is 43.0. The number of rotatable bonds is 47. The summed E-state index contributed by atoms with van der Waals surface area (Å²) >= 11 is 0. The summed E-state index contributed by atoms with van der Waals surface area (Å²) in [6, 6.07) is -1.15. The molecule has 0 aromatic heterocycles. The van der Waals surface area contributed by atoms with Crippen molar-refractivity contribution in [3.8, 4) is 0 Å². The Morgan fingerprint density at radius 3 is 1.09 bits per heavy atom. The van der Waals surface area contributed by atoms with Crippen LogP contribution < -0.4 is 5.32 Å². The van der Waals surface area contributed by atoms with Gasteiger partial charge in [-0.25, -0.2) is 4.57 Å². The Hall–Kier alpha value is -0.700. The van der Waals surface area contributed by atoms with Gasteiger partial charge in [0.25, 0.3) is 0 Å². The van der Waals surface area contributed by atoms with Crippen LogP contribution >= 0.6 is 7.82 Å². The van der Waals surface area contributed by atoms with Crippen LogP contribution in [0.2, 0.25) is 0 Å². The molecule has 0 aromatic carbocycles. The van der Waals surface area contributed by atoms with E-state index in [0.717, 1.165) is 51.4 Å². The van der Waals surface area contributed by atoms with E-state index in [1.807, 2.05) is 0 Å². The third kappa shape index (κ3) is 33.0. The zero-order chi connectivity index (χ0) is 48.7. The maximum absolute atomic E-state index is 13.1. The first-order valence-corrected chi connectivity index (χ1v) is 29.1. The van der Waals surface area contributed by atoms with Gasteiger partial charge in [0.2, 0.25) is 5.91 Å². The number of aliphatic hydroxyl groups is 7. The average Bonchev–Trinajstić information content (AvgIpc) is 3.29. The fourth-order valence-corrected chi connectivity index (χ4v) is 10.2. The molecular weight excluding hydrogens is 862 g/mol. The summed E-state index contributed by atoms with van der Waals surface area (Å²) in [5.41, 5.74) is 0. The quantitative estimate of drug-likeness (QED) is 0.0205. The molecule has 8 atom stereocenters. The van der Waals surface area contributed by atoms with E-state index in [2.05, 4.69) is 19.2 Å². The second kappa shape index (κ2) is 42.0. The highest BCUT2D eigenvalue weighted by Crippen LogP contribution is 2.47. The molecule has 8 unspecified atom stereocenters. The van der Waals surface area contributed by atoms with Crippen LogP contribution in [0.5, 0.6) is 0 Å². The van der Waals surface area contributed by atoms with Crippen LogP contribution in [0.4, 0.5) is 0 Å². The van der Waals surface area contributed by atoms with E-state index >= 15 is 0 Å². The molecule has 0 aliphatic heterocycles. The number of amides is 1. The van der Waals surface area contributed by atoms with Crippen molar-refractivity contribution < 1.29 is 59.0 Å². The number of aliphatic hydroxyl groups excluding tert-OH is 7. The molecule has 66 heavy (non-hydrogen) atoms. The van der Waals surface area contributed by atoms with Gasteiger partial charge < -0.3 is 46.0 Å². The van der Waals surface area contributed by atoms with Crippen molar-refractivity contribution in [3.63, 3.8) is 0 Å². The minimum atomic E-state index is -5.12. The molecule has 0 radical (unpaired) electrons. The molecule has 0 saturated heterocycles. The lowest BCUT2D eigenvalue weighted by Crippen LogP contribution is -2.64. The van der Waals surface area contributed by atoms with Gasteiger partial charge in [-0.05, 0) is 12.8 Å². The Bertz CT molecular complexity index is 1140. The first-order valence-electron chi connectivity index (χ1n) is 27.6. The fraction of sp³-hybridized carbons (Fsp3) is 0.981. The number of unbranched alkanes of at least 4 members (excludes halogenated alkanes) is 34. The molecule has 1 amide bonds. The molecular formula is C52H104NO12P. The lowest BCUT2D eigenvalue weighted by Gasteiger charge is -2.41. The largest absolute Gasteiger partial charge is 0.472 e. The number of hydrogen-bond donors (Lipinski definition) is 9. The maximum Gasteiger partial charge on any atom is 0.472 e. The van der Waals surface area contributed by atoms with E-state index < -0.39 is 75.2 Å². The van der Waals surface area contributed by atoms with Gasteiger partial charge in [-0.1, -0.05) is 245 Å². The smallest absolute Gasteiger partial charge is 0.393 e. The molecule has 394 valence electrons. The standard InChI is InChI=1S/C52H104NO12P/c1-3-5-7-9-11-13-15-17-19-20-21-22-23-24-26-27-29-31-33-35-37-39-43(54)41-46(56)53-44(42-64-66(62,63)65-52-50(60)48(58)47(57)49(59)51(52)61)45(55)40-38-36-34-32-30-28-25-18-16-14-12-10-8-6-4-2/h43-45,47-52,54-55,57-61H,3-42H2,1-2H3,(H,53,56)(H,62,63). The Balaban J connectivity index is 2.38. The van der Waals surface area contributed by atoms with Crippen molar-refractivity contribution >= 4 is 13.7 Å². The molecule has 14 heteroatoms. The van der Waals surface area contributed by atoms with Crippen molar-refractivity contribution in [2.45, 2.75) is 319 Å². The number of carbonyl (C=O) groups is 1. The molecule has 9 N–H and O–H groups in total. The van der Waals surface area contributed by atoms with Gasteiger partial charge in [0.05, 0.1) is 31.3 Å². The Labute approximate surface area is 402 Å². The van der Waals surface area contributed by atoms with Crippen molar-refractivity contribution in [3.05, 3.63) is 0 Å². The molecule has 1 saturated carbocycles. The van der Waals surface area contributed by atoms with Gasteiger partial charge in [-0.3, -0.25) is 13.8 Å². The van der Waals surface area contributed by atoms with Crippen LogP contribution in [0.3, 0.4) is 0 Å². The fourth-order valence-electron chi connectivity index (χ4n) is 9.25. The summed E-state index contributed by atoms with van der Waals surface area (Å²) in [6.45, 7) is 3.83. The van der Waals surface area contributed by atoms with Gasteiger partial charge in [0.15, 0.2) is 0 Å². The number of nitrogens with one attached hydrogen (secondary N) is 1. The van der Waals surface area contributed by atoms with Crippen LogP contribution in [-0.4, -0.2) is 108 Å². The summed E-state index contributed by atoms with van der Waals surface area (Å²) in [4.78, 5) is 23.6. The van der Waals surface area contributed by atoms with Crippen molar-refractivity contribution in [1.29, 1.82) is 0 Å². The second-order valence-electron chi connectivity index (χ2n) is 20.0. The van der Waals surface area contributed by atoms with Crippen molar-refractivity contribution in [2.24, 2.45) is 0 Å². The molecule has 1 fully saturated rings. The molecule has 0 heterocycles. The van der Waals surface area contributed by atoms with Crippen LogP contribution in [0.15, 0.2) is 0 Å². The Morgan fingerprint density at radius 1 is 0.470 bits per heavy atom. The molecule has 1 aliphatic carbocycles. The van der Waals surface area contributed by atoms with Gasteiger partial charge in [-0.15, -0.1) is 0 Å². The summed E-state index contributed by atoms with van der Waals surface area (Å²) in [7, 11) is -5.12. The van der Waals surface area contributed by atoms with Crippen molar-refractivity contribution in [2.75, 3.05) is 6.61 Å². The number of carbonyl (C=O) groups excluding carboxylic acids is 1. The van der Waals surface area contributed by atoms with Gasteiger partial charge in [-0.2, -0.15) is 0 Å². The van der Waals surface area contributed by atoms with Crippen LogP contribution in [0, 0.1) is 0 Å². The van der Waals surface area contributed by atoms with E-state index in [0.29, 0.717) is 12.8 Å². The first kappa shape index (κ1) is 63.3. The van der Waals surface area contributed by atoms with Crippen LogP contribution in [0.1, 0.15) is 264 Å². The summed E-state index contributed by atoms with van der Waals surface area (Å²) in [6.07, 6.45) is 31.5. The normalized spacial score (nSPS) is 22.3. The van der Waals surface area contributed by atoms with Crippen molar-refractivity contribution in [1.82, 2.24) is 5.32 Å². The van der Waals surface area contributed by atoms with E-state index in [1.54, 1.807) is 0 Å². The van der Waals surface area contributed by atoms with E-state index in [-0.39, 0.29) is 12.8 Å². The van der Waals surface area contributed by atoms with E-state index in [9.17, 15) is 50.0 Å². The number of hydrogen-bond acceptors (Lipinski definition) is 11. The molecule has 0 spiro atoms. The SMILES string of the molecule is CCCCCCCCCCCCCCCCCCCCCCCC(O)CC(=O)NC(COP(=O)(O)OC1C(O)C(O)C(O)C(O)C1O)C(O)CCCCCCCCCCCCCCCCC. The monoisotopic (exact) mass is 966 g/mol. The minimum Gasteiger partial charge on any atom is -0.393 e. The Morgan fingerprint density at radius 2 is 0.758 bits per heavy atom. The molecule has 1 aliphatic rings. The molecule has 1 rings (SSSR count). The third-order valence-corrected chi connectivity index (χ3v) is 14.7. The topological polar surface area (TPSA) is 226 Å². The summed E-state index contributed by atoms with van der Waals surface area (Å²) < 4.78 is 23.0. The summed E-state index contributed by atoms with van der Waals surface area (Å²) in [5.74, 6) is -0.554. The molecule has 0 bridgehead atoms. The highest BCUT2D eigenvalue weighted by molar-refractivity contribution is 7.47. The maximum atomic E-state index is 13.1. The van der Waals surface area contributed by atoms with E-state index in [1.165, 1.54) is 173 Å². The predicted molar refractivity (Wildman–Crippen MR) is 266 cm³/mol. The first-order chi connectivity index (χ1) is 31.8. The highest BCUT2D eigenvalue weighted by Gasteiger charge is 2.51. The minimum absolute atomic E-state index is 0.215. The van der Waals surface area contributed by atoms with Gasteiger partial charge >= 0.3 is 7.82 Å². The molecule has 13 nitrogen and oxygen atoms in total. The lowest BCUT2D eigenvalue weighted by molar-refractivity contribution is -0.220. The average molecular weight is 966 g/mol. The second-order valence-corrected chi connectivity index (χ2v) is 21.4. The molecule has 0 aromatic rings. The third-order valence-electron chi connectivity index (χ3n) is 13.7. The van der Waals surface area contributed by atoms with Gasteiger partial charge in [0, 0.05) is 0 Å².